The van der Waals surface area contributed by atoms with Crippen LogP contribution < -0.4 is 14.8 Å². The lowest BCUT2D eigenvalue weighted by atomic mass is 10.1. The molecule has 2 aromatic carbocycles. The number of rotatable bonds is 8. The Morgan fingerprint density at radius 3 is 2.43 bits per heavy atom. The van der Waals surface area contributed by atoms with E-state index in [4.69, 9.17) is 4.74 Å². The number of nitrogens with one attached hydrogen (secondary N) is 2. The Morgan fingerprint density at radius 1 is 0.964 bits per heavy atom. The summed E-state index contributed by atoms with van der Waals surface area (Å²) in [4.78, 5) is 0.220. The lowest BCUT2D eigenvalue weighted by molar-refractivity contribution is 0.414. The summed E-state index contributed by atoms with van der Waals surface area (Å²) in [6, 6.07) is 17.9. The van der Waals surface area contributed by atoms with Crippen LogP contribution in [0.15, 0.2) is 65.6 Å². The number of anilines is 2. The molecule has 0 fully saturated rings. The number of aryl methyl sites for hydroxylation is 1. The highest BCUT2D eigenvalue weighted by atomic mass is 32.2. The molecule has 0 bridgehead atoms. The van der Waals surface area contributed by atoms with Gasteiger partial charge in [-0.05, 0) is 54.8 Å². The van der Waals surface area contributed by atoms with Crippen molar-refractivity contribution in [2.45, 2.75) is 18.2 Å². The lowest BCUT2D eigenvalue weighted by Crippen LogP contribution is -2.16. The van der Waals surface area contributed by atoms with Gasteiger partial charge in [-0.3, -0.25) is 4.72 Å². The summed E-state index contributed by atoms with van der Waals surface area (Å²) >= 11 is 0. The molecule has 2 N–H and O–H groups in total. The van der Waals surface area contributed by atoms with Crippen LogP contribution in [0.4, 0.5) is 11.6 Å². The average Bonchev–Trinajstić information content (AvgIpc) is 2.69. The van der Waals surface area contributed by atoms with Crippen LogP contribution >= 0.6 is 0 Å². The third-order valence-electron chi connectivity index (χ3n) is 4.14. The molecule has 0 saturated heterocycles. The molecule has 3 aromatic rings. The maximum Gasteiger partial charge on any atom is 0.263 e. The van der Waals surface area contributed by atoms with E-state index in [9.17, 15) is 8.42 Å². The zero-order chi connectivity index (χ0) is 20.0. The molecular weight excluding hydrogens is 376 g/mol. The van der Waals surface area contributed by atoms with Gasteiger partial charge in [0, 0.05) is 6.54 Å². The first-order valence-electron chi connectivity index (χ1n) is 8.77. The minimum atomic E-state index is -3.70. The van der Waals surface area contributed by atoms with E-state index < -0.39 is 10.0 Å². The van der Waals surface area contributed by atoms with Gasteiger partial charge in [0.25, 0.3) is 10.0 Å². The Hall–Kier alpha value is -3.13. The summed E-state index contributed by atoms with van der Waals surface area (Å²) in [7, 11) is -2.06. The summed E-state index contributed by atoms with van der Waals surface area (Å²) in [6.45, 7) is 2.41. The number of ether oxygens (including phenoxy) is 1. The molecule has 0 unspecified atom stereocenters. The minimum absolute atomic E-state index is 0.168. The van der Waals surface area contributed by atoms with Gasteiger partial charge in [-0.2, -0.15) is 0 Å². The fourth-order valence-corrected chi connectivity index (χ4v) is 3.94. The third kappa shape index (κ3) is 4.98. The molecule has 0 radical (unpaired) electrons. The van der Waals surface area contributed by atoms with Crippen molar-refractivity contribution in [3.05, 3.63) is 71.8 Å². The highest BCUT2D eigenvalue weighted by Gasteiger charge is 2.17. The SMILES string of the molecule is COc1cccc(CCNc2ccc(NS(=O)(=O)c3ccccc3C)nn2)c1. The molecule has 0 aliphatic carbocycles. The van der Waals surface area contributed by atoms with Gasteiger partial charge in [-0.15, -0.1) is 10.2 Å². The van der Waals surface area contributed by atoms with Crippen LogP contribution in [0.2, 0.25) is 0 Å². The fourth-order valence-electron chi connectivity index (χ4n) is 2.69. The molecule has 1 aromatic heterocycles. The van der Waals surface area contributed by atoms with E-state index in [2.05, 4.69) is 20.2 Å². The van der Waals surface area contributed by atoms with E-state index >= 15 is 0 Å². The van der Waals surface area contributed by atoms with Crippen LogP contribution in [0.1, 0.15) is 11.1 Å². The van der Waals surface area contributed by atoms with Crippen molar-refractivity contribution < 1.29 is 13.2 Å². The van der Waals surface area contributed by atoms with Gasteiger partial charge in [0.2, 0.25) is 0 Å². The largest absolute Gasteiger partial charge is 0.497 e. The second-order valence-electron chi connectivity index (χ2n) is 6.20. The van der Waals surface area contributed by atoms with Crippen LogP contribution in [0.5, 0.6) is 5.75 Å². The summed E-state index contributed by atoms with van der Waals surface area (Å²) in [5, 5.41) is 11.2. The number of hydrogen-bond donors (Lipinski definition) is 2. The van der Waals surface area contributed by atoms with Gasteiger partial charge in [-0.25, -0.2) is 8.42 Å². The standard InChI is InChI=1S/C20H22N4O3S/c1-15-6-3-4-9-18(15)28(25,26)24-20-11-10-19(22-23-20)21-13-12-16-7-5-8-17(14-16)27-2/h3-11,14H,12-13H2,1-2H3,(H,21,22)(H,23,24). The highest BCUT2D eigenvalue weighted by molar-refractivity contribution is 7.92. The van der Waals surface area contributed by atoms with Crippen molar-refractivity contribution in [2.24, 2.45) is 0 Å². The van der Waals surface area contributed by atoms with Gasteiger partial charge in [0.1, 0.15) is 11.6 Å². The van der Waals surface area contributed by atoms with Gasteiger partial charge in [0.15, 0.2) is 5.82 Å². The van der Waals surface area contributed by atoms with Crippen molar-refractivity contribution >= 4 is 21.7 Å². The first kappa shape index (κ1) is 19.6. The first-order valence-corrected chi connectivity index (χ1v) is 10.3. The molecular formula is C20H22N4O3S. The van der Waals surface area contributed by atoms with E-state index in [0.29, 0.717) is 17.9 Å². The highest BCUT2D eigenvalue weighted by Crippen LogP contribution is 2.18. The Bertz CT molecular complexity index is 1040. The van der Waals surface area contributed by atoms with E-state index in [1.165, 1.54) is 0 Å². The number of methoxy groups -OCH3 is 1. The van der Waals surface area contributed by atoms with Crippen LogP contribution in [0.25, 0.3) is 0 Å². The van der Waals surface area contributed by atoms with E-state index in [0.717, 1.165) is 17.7 Å². The van der Waals surface area contributed by atoms with Crippen LogP contribution in [0, 0.1) is 6.92 Å². The summed E-state index contributed by atoms with van der Waals surface area (Å²) in [5.74, 6) is 1.56. The first-order chi connectivity index (χ1) is 13.5. The number of sulfonamides is 1. The topological polar surface area (TPSA) is 93.2 Å². The van der Waals surface area contributed by atoms with Crippen molar-refractivity contribution in [1.29, 1.82) is 0 Å². The molecule has 0 amide bonds. The molecule has 0 aliphatic heterocycles. The molecule has 7 nitrogen and oxygen atoms in total. The van der Waals surface area contributed by atoms with Gasteiger partial charge >= 0.3 is 0 Å². The average molecular weight is 398 g/mol. The number of hydrogen-bond acceptors (Lipinski definition) is 6. The Balaban J connectivity index is 1.58. The zero-order valence-corrected chi connectivity index (χ0v) is 16.5. The number of nitrogens with zero attached hydrogens (tertiary/aromatic N) is 2. The molecule has 0 atom stereocenters. The van der Waals surface area contributed by atoms with Crippen LogP contribution in [0.3, 0.4) is 0 Å². The monoisotopic (exact) mass is 398 g/mol. The third-order valence-corrected chi connectivity index (χ3v) is 5.66. The van der Waals surface area contributed by atoms with Gasteiger partial charge in [-0.1, -0.05) is 30.3 Å². The Kier molecular flexibility index (Phi) is 6.10. The Morgan fingerprint density at radius 2 is 1.71 bits per heavy atom. The lowest BCUT2D eigenvalue weighted by Gasteiger charge is -2.10. The smallest absolute Gasteiger partial charge is 0.263 e. The molecule has 146 valence electrons. The minimum Gasteiger partial charge on any atom is -0.497 e. The van der Waals surface area contributed by atoms with Crippen molar-refractivity contribution in [2.75, 3.05) is 23.7 Å². The van der Waals surface area contributed by atoms with Crippen molar-refractivity contribution in [3.63, 3.8) is 0 Å². The maximum absolute atomic E-state index is 12.5. The molecule has 0 aliphatic rings. The summed E-state index contributed by atoms with van der Waals surface area (Å²) < 4.78 is 32.6. The van der Waals surface area contributed by atoms with Gasteiger partial charge < -0.3 is 10.1 Å². The van der Waals surface area contributed by atoms with E-state index in [1.54, 1.807) is 50.4 Å². The maximum atomic E-state index is 12.5. The molecule has 1 heterocycles. The molecule has 0 saturated carbocycles. The number of aromatic nitrogens is 2. The van der Waals surface area contributed by atoms with E-state index in [-0.39, 0.29) is 10.7 Å². The Labute approximate surface area is 164 Å². The fraction of sp³-hybridized carbons (Fsp3) is 0.200. The van der Waals surface area contributed by atoms with Crippen molar-refractivity contribution in [3.8, 4) is 5.75 Å². The molecule has 3 rings (SSSR count). The summed E-state index contributed by atoms with van der Waals surface area (Å²) in [6.07, 6.45) is 0.792. The molecule has 8 heteroatoms. The van der Waals surface area contributed by atoms with E-state index in [1.807, 2.05) is 24.3 Å². The van der Waals surface area contributed by atoms with Gasteiger partial charge in [0.05, 0.1) is 12.0 Å². The second-order valence-corrected chi connectivity index (χ2v) is 7.85. The molecule has 28 heavy (non-hydrogen) atoms. The van der Waals surface area contributed by atoms with Crippen LogP contribution in [-0.2, 0) is 16.4 Å². The predicted octanol–water partition coefficient (Wildman–Crippen LogP) is 3.25. The zero-order valence-electron chi connectivity index (χ0n) is 15.7. The quantitative estimate of drug-likeness (QED) is 0.605. The predicted molar refractivity (Wildman–Crippen MR) is 109 cm³/mol. The molecule has 0 spiro atoms. The van der Waals surface area contributed by atoms with Crippen molar-refractivity contribution in [1.82, 2.24) is 10.2 Å². The number of benzene rings is 2. The van der Waals surface area contributed by atoms with Crippen LogP contribution in [-0.4, -0.2) is 32.3 Å². The normalized spacial score (nSPS) is 11.1. The second kappa shape index (κ2) is 8.71. The summed E-state index contributed by atoms with van der Waals surface area (Å²) in [5.41, 5.74) is 1.81.